The maximum Gasteiger partial charge on any atom is 0.410 e. The highest BCUT2D eigenvalue weighted by Crippen LogP contribution is 2.33. The van der Waals surface area contributed by atoms with E-state index in [0.29, 0.717) is 30.8 Å². The van der Waals surface area contributed by atoms with Gasteiger partial charge in [-0.25, -0.2) is 14.2 Å². The molecule has 1 atom stereocenters. The zero-order valence-electron chi connectivity index (χ0n) is 23.9. The number of anilines is 1. The van der Waals surface area contributed by atoms with Crippen LogP contribution >= 0.6 is 0 Å². The molecule has 1 fully saturated rings. The van der Waals surface area contributed by atoms with Crippen molar-refractivity contribution in [3.8, 4) is 11.8 Å². The van der Waals surface area contributed by atoms with E-state index in [9.17, 15) is 14.7 Å². The van der Waals surface area contributed by atoms with E-state index in [-0.39, 0.29) is 12.1 Å². The number of benzene rings is 2. The van der Waals surface area contributed by atoms with E-state index >= 15 is 4.39 Å². The number of ether oxygens (including phenoxy) is 1. The van der Waals surface area contributed by atoms with Gasteiger partial charge in [-0.2, -0.15) is 0 Å². The summed E-state index contributed by atoms with van der Waals surface area (Å²) in [7, 11) is 0. The SMILES string of the molecule is Cc1cccc2ccnc(N(C(=O)c3ccc(C#CC(C)(C)O)cc3F)[C@@H]3CCCN(C(=O)OC(C)(C)C)C3)c12. The first kappa shape index (κ1) is 29.0. The fourth-order valence-corrected chi connectivity index (χ4v) is 4.78. The summed E-state index contributed by atoms with van der Waals surface area (Å²) in [4.78, 5) is 34.9. The highest BCUT2D eigenvalue weighted by atomic mass is 19.1. The van der Waals surface area contributed by atoms with Gasteiger partial charge in [0.15, 0.2) is 0 Å². The zero-order valence-corrected chi connectivity index (χ0v) is 23.9. The van der Waals surface area contributed by atoms with Crippen molar-refractivity contribution in [2.24, 2.45) is 0 Å². The Morgan fingerprint density at radius 1 is 1.15 bits per heavy atom. The lowest BCUT2D eigenvalue weighted by Gasteiger charge is -2.39. The minimum absolute atomic E-state index is 0.129. The fraction of sp³-hybridized carbons (Fsp3) is 0.406. The molecule has 1 saturated heterocycles. The van der Waals surface area contributed by atoms with E-state index in [1.54, 1.807) is 17.2 Å². The molecule has 2 heterocycles. The van der Waals surface area contributed by atoms with Crippen LogP contribution in [0.4, 0.5) is 15.0 Å². The molecule has 2 amide bonds. The summed E-state index contributed by atoms with van der Waals surface area (Å²) < 4.78 is 21.1. The standard InChI is InChI=1S/C32H36FN3O4/c1-21-9-7-10-23-15-17-34-28(27(21)23)36(24-11-8-18-35(20-24)30(38)40-31(2,3)4)29(37)25-13-12-22(19-26(25)33)14-16-32(5,6)39/h7,9-10,12-13,15,17,19,24,39H,8,11,18,20H2,1-6H3/t24-/m1/s1. The molecule has 40 heavy (non-hydrogen) atoms. The van der Waals surface area contributed by atoms with Gasteiger partial charge in [-0.3, -0.25) is 9.69 Å². The Morgan fingerprint density at radius 2 is 1.90 bits per heavy atom. The Bertz CT molecular complexity index is 1490. The monoisotopic (exact) mass is 545 g/mol. The number of aromatic nitrogens is 1. The summed E-state index contributed by atoms with van der Waals surface area (Å²) in [6.45, 7) is 11.2. The largest absolute Gasteiger partial charge is 0.444 e. The van der Waals surface area contributed by atoms with Crippen molar-refractivity contribution in [2.75, 3.05) is 18.0 Å². The van der Waals surface area contributed by atoms with Gasteiger partial charge in [-0.05, 0) is 89.6 Å². The molecule has 1 aliphatic heterocycles. The van der Waals surface area contributed by atoms with E-state index in [2.05, 4.69) is 16.8 Å². The van der Waals surface area contributed by atoms with Crippen molar-refractivity contribution in [1.29, 1.82) is 0 Å². The van der Waals surface area contributed by atoms with Crippen LogP contribution in [0.5, 0.6) is 0 Å². The molecule has 210 valence electrons. The maximum absolute atomic E-state index is 15.5. The van der Waals surface area contributed by atoms with Crippen molar-refractivity contribution in [3.05, 3.63) is 71.2 Å². The first-order valence-electron chi connectivity index (χ1n) is 13.4. The van der Waals surface area contributed by atoms with E-state index in [4.69, 9.17) is 4.74 Å². The van der Waals surface area contributed by atoms with Gasteiger partial charge in [-0.1, -0.05) is 30.0 Å². The predicted octanol–water partition coefficient (Wildman–Crippen LogP) is 5.85. The lowest BCUT2D eigenvalue weighted by molar-refractivity contribution is 0.0196. The molecule has 1 aromatic heterocycles. The van der Waals surface area contributed by atoms with Gasteiger partial charge in [0, 0.05) is 30.2 Å². The number of fused-ring (bicyclic) bond motifs is 1. The zero-order chi connectivity index (χ0) is 29.2. The number of piperidine rings is 1. The third-order valence-electron chi connectivity index (χ3n) is 6.55. The number of hydrogen-bond acceptors (Lipinski definition) is 5. The molecule has 0 bridgehead atoms. The van der Waals surface area contributed by atoms with Gasteiger partial charge in [-0.15, -0.1) is 0 Å². The summed E-state index contributed by atoms with van der Waals surface area (Å²) in [5.74, 6) is 4.54. The van der Waals surface area contributed by atoms with Crippen LogP contribution in [-0.4, -0.2) is 57.3 Å². The van der Waals surface area contributed by atoms with Gasteiger partial charge in [0.25, 0.3) is 5.91 Å². The van der Waals surface area contributed by atoms with Gasteiger partial charge in [0.1, 0.15) is 22.8 Å². The highest BCUT2D eigenvalue weighted by molar-refractivity contribution is 6.11. The second-order valence-electron chi connectivity index (χ2n) is 11.7. The van der Waals surface area contributed by atoms with E-state index in [1.165, 1.54) is 30.9 Å². The second kappa shape index (κ2) is 11.3. The molecular formula is C32H36FN3O4. The number of amides is 2. The lowest BCUT2D eigenvalue weighted by Crippen LogP contribution is -2.53. The smallest absolute Gasteiger partial charge is 0.410 e. The number of hydrogen-bond donors (Lipinski definition) is 1. The quantitative estimate of drug-likeness (QED) is 0.418. The van der Waals surface area contributed by atoms with Gasteiger partial charge in [0.05, 0.1) is 11.6 Å². The molecule has 3 aromatic rings. The number of pyridine rings is 1. The molecule has 1 aliphatic rings. The summed E-state index contributed by atoms with van der Waals surface area (Å²) >= 11 is 0. The summed E-state index contributed by atoms with van der Waals surface area (Å²) in [5.41, 5.74) is -0.754. The van der Waals surface area contributed by atoms with Crippen LogP contribution in [-0.2, 0) is 4.74 Å². The van der Waals surface area contributed by atoms with Crippen LogP contribution in [0.25, 0.3) is 10.8 Å². The van der Waals surface area contributed by atoms with E-state index < -0.39 is 35.1 Å². The molecular weight excluding hydrogens is 509 g/mol. The first-order valence-corrected chi connectivity index (χ1v) is 13.4. The number of carbonyl (C=O) groups excluding carboxylic acids is 2. The summed E-state index contributed by atoms with van der Waals surface area (Å²) in [5, 5.41) is 11.6. The van der Waals surface area contributed by atoms with Crippen LogP contribution in [0, 0.1) is 24.6 Å². The molecule has 0 spiro atoms. The molecule has 7 nitrogen and oxygen atoms in total. The second-order valence-corrected chi connectivity index (χ2v) is 11.7. The fourth-order valence-electron chi connectivity index (χ4n) is 4.78. The Labute approximate surface area is 235 Å². The molecule has 0 unspecified atom stereocenters. The molecule has 1 N–H and O–H groups in total. The van der Waals surface area contributed by atoms with Crippen LogP contribution < -0.4 is 4.90 Å². The van der Waals surface area contributed by atoms with Crippen molar-refractivity contribution in [1.82, 2.24) is 9.88 Å². The lowest BCUT2D eigenvalue weighted by atomic mass is 10.00. The van der Waals surface area contributed by atoms with Crippen LogP contribution in [0.3, 0.4) is 0 Å². The van der Waals surface area contributed by atoms with Crippen LogP contribution in [0.2, 0.25) is 0 Å². The maximum atomic E-state index is 15.5. The molecule has 0 aliphatic carbocycles. The molecule has 4 rings (SSSR count). The van der Waals surface area contributed by atoms with Crippen molar-refractivity contribution < 1.29 is 23.8 Å². The first-order chi connectivity index (χ1) is 18.7. The number of aliphatic hydroxyl groups is 1. The van der Waals surface area contributed by atoms with Crippen molar-refractivity contribution >= 4 is 28.6 Å². The average molecular weight is 546 g/mol. The minimum atomic E-state index is -1.24. The average Bonchev–Trinajstić information content (AvgIpc) is 2.86. The van der Waals surface area contributed by atoms with Crippen LogP contribution in [0.15, 0.2) is 48.7 Å². The van der Waals surface area contributed by atoms with Gasteiger partial charge >= 0.3 is 6.09 Å². The van der Waals surface area contributed by atoms with Crippen LogP contribution in [0.1, 0.15) is 68.9 Å². The topological polar surface area (TPSA) is 83.0 Å². The number of aryl methyl sites for hydroxylation is 1. The Hall–Kier alpha value is -3.96. The Kier molecular flexibility index (Phi) is 8.18. The summed E-state index contributed by atoms with van der Waals surface area (Å²) in [6, 6.07) is 11.4. The van der Waals surface area contributed by atoms with Crippen molar-refractivity contribution in [2.45, 2.75) is 71.6 Å². The number of likely N-dealkylation sites (tertiary alicyclic amines) is 1. The molecule has 2 aromatic carbocycles. The van der Waals surface area contributed by atoms with E-state index in [0.717, 1.165) is 16.3 Å². The van der Waals surface area contributed by atoms with Gasteiger partial charge < -0.3 is 14.7 Å². The van der Waals surface area contributed by atoms with Gasteiger partial charge in [0.2, 0.25) is 0 Å². The number of rotatable bonds is 3. The Balaban J connectivity index is 1.78. The molecule has 8 heteroatoms. The Morgan fingerprint density at radius 3 is 2.58 bits per heavy atom. The van der Waals surface area contributed by atoms with E-state index in [1.807, 2.05) is 52.0 Å². The van der Waals surface area contributed by atoms with Crippen molar-refractivity contribution in [3.63, 3.8) is 0 Å². The third kappa shape index (κ3) is 6.78. The number of halogens is 1. The molecule has 0 saturated carbocycles. The normalized spacial score (nSPS) is 15.8. The number of carbonyl (C=O) groups is 2. The minimum Gasteiger partial charge on any atom is -0.444 e. The summed E-state index contributed by atoms with van der Waals surface area (Å²) in [6.07, 6.45) is 2.43. The third-order valence-corrected chi connectivity index (χ3v) is 6.55. The molecule has 0 radical (unpaired) electrons. The predicted molar refractivity (Wildman–Crippen MR) is 154 cm³/mol. The number of nitrogens with zero attached hydrogens (tertiary/aromatic N) is 3. The highest BCUT2D eigenvalue weighted by Gasteiger charge is 2.36.